The highest BCUT2D eigenvalue weighted by molar-refractivity contribution is 5.90. The van der Waals surface area contributed by atoms with Crippen LogP contribution in [0.5, 0.6) is 0 Å². The van der Waals surface area contributed by atoms with Gasteiger partial charge in [-0.05, 0) is 48.2 Å². The molecule has 0 unspecified atom stereocenters. The first-order valence-electron chi connectivity index (χ1n) is 9.02. The van der Waals surface area contributed by atoms with Gasteiger partial charge < -0.3 is 4.90 Å². The Morgan fingerprint density at radius 1 is 1.08 bits per heavy atom. The summed E-state index contributed by atoms with van der Waals surface area (Å²) >= 11 is 0. The standard InChI is InChI=1S/C20H21FN4O/c1-24(17-5-3-2-4-6-17)20(26)25-19-13-15(9-12-18(19)22-23-25)14-7-10-16(21)11-8-14/h7-13,17H,2-6H2,1H3. The number of carbonyl (C=O) groups excluding carboxylic acids is 1. The summed E-state index contributed by atoms with van der Waals surface area (Å²) in [7, 11) is 1.84. The van der Waals surface area contributed by atoms with Gasteiger partial charge in [0, 0.05) is 13.1 Å². The summed E-state index contributed by atoms with van der Waals surface area (Å²) in [4.78, 5) is 14.7. The van der Waals surface area contributed by atoms with Gasteiger partial charge in [-0.3, -0.25) is 0 Å². The van der Waals surface area contributed by atoms with Crippen molar-refractivity contribution < 1.29 is 9.18 Å². The number of aromatic nitrogens is 3. The molecule has 1 aliphatic carbocycles. The lowest BCUT2D eigenvalue weighted by atomic mass is 9.95. The zero-order valence-electron chi connectivity index (χ0n) is 14.7. The summed E-state index contributed by atoms with van der Waals surface area (Å²) in [5.74, 6) is -0.272. The number of amides is 1. The molecule has 0 aliphatic heterocycles. The van der Waals surface area contributed by atoms with Crippen LogP contribution in [0.2, 0.25) is 0 Å². The number of rotatable bonds is 2. The van der Waals surface area contributed by atoms with Crippen LogP contribution in [0.25, 0.3) is 22.2 Å². The third-order valence-corrected chi connectivity index (χ3v) is 5.23. The third-order valence-electron chi connectivity index (χ3n) is 5.23. The maximum absolute atomic E-state index is 13.2. The largest absolute Gasteiger partial charge is 0.346 e. The molecule has 1 amide bonds. The van der Waals surface area contributed by atoms with Crippen LogP contribution in [-0.4, -0.2) is 39.0 Å². The lowest BCUT2D eigenvalue weighted by molar-refractivity contribution is 0.173. The molecular weight excluding hydrogens is 331 g/mol. The lowest BCUT2D eigenvalue weighted by Gasteiger charge is -2.30. The highest BCUT2D eigenvalue weighted by atomic mass is 19.1. The van der Waals surface area contributed by atoms with Crippen molar-refractivity contribution in [3.05, 3.63) is 48.3 Å². The second kappa shape index (κ2) is 6.86. The molecule has 0 spiro atoms. The monoisotopic (exact) mass is 352 g/mol. The normalized spacial score (nSPS) is 15.3. The van der Waals surface area contributed by atoms with E-state index >= 15 is 0 Å². The summed E-state index contributed by atoms with van der Waals surface area (Å²) in [6.45, 7) is 0. The number of benzene rings is 2. The fraction of sp³-hybridized carbons (Fsp3) is 0.350. The van der Waals surface area contributed by atoms with Crippen LogP contribution in [0, 0.1) is 5.82 Å². The Kier molecular flexibility index (Phi) is 4.41. The Morgan fingerprint density at radius 3 is 2.50 bits per heavy atom. The summed E-state index contributed by atoms with van der Waals surface area (Å²) in [6, 6.07) is 12.0. The summed E-state index contributed by atoms with van der Waals surface area (Å²) in [6.07, 6.45) is 5.64. The highest BCUT2D eigenvalue weighted by Crippen LogP contribution is 2.25. The Morgan fingerprint density at radius 2 is 1.77 bits per heavy atom. The van der Waals surface area contributed by atoms with Gasteiger partial charge in [0.2, 0.25) is 0 Å². The van der Waals surface area contributed by atoms with E-state index in [-0.39, 0.29) is 17.9 Å². The predicted molar refractivity (Wildman–Crippen MR) is 98.4 cm³/mol. The van der Waals surface area contributed by atoms with Gasteiger partial charge in [-0.25, -0.2) is 9.18 Å². The van der Waals surface area contributed by atoms with Crippen molar-refractivity contribution in [2.75, 3.05) is 7.05 Å². The first-order chi connectivity index (χ1) is 12.6. The van der Waals surface area contributed by atoms with Crippen molar-refractivity contribution in [1.29, 1.82) is 0 Å². The third kappa shape index (κ3) is 3.07. The molecule has 26 heavy (non-hydrogen) atoms. The SMILES string of the molecule is CN(C(=O)n1nnc2ccc(-c3ccc(F)cc3)cc21)C1CCCCC1. The zero-order chi connectivity index (χ0) is 18.1. The van der Waals surface area contributed by atoms with E-state index in [0.29, 0.717) is 11.0 Å². The topological polar surface area (TPSA) is 51.0 Å². The smallest absolute Gasteiger partial charge is 0.323 e. The van der Waals surface area contributed by atoms with Crippen molar-refractivity contribution >= 4 is 17.1 Å². The molecule has 0 N–H and O–H groups in total. The molecular formula is C20H21FN4O. The molecule has 0 radical (unpaired) electrons. The van der Waals surface area contributed by atoms with Gasteiger partial charge >= 0.3 is 6.03 Å². The molecule has 1 saturated carbocycles. The van der Waals surface area contributed by atoms with E-state index in [1.807, 2.05) is 25.2 Å². The number of fused-ring (bicyclic) bond motifs is 1. The molecule has 134 valence electrons. The minimum atomic E-state index is -0.272. The van der Waals surface area contributed by atoms with E-state index in [1.165, 1.54) is 23.2 Å². The molecule has 3 aromatic rings. The van der Waals surface area contributed by atoms with Gasteiger partial charge in [0.15, 0.2) is 0 Å². The van der Waals surface area contributed by atoms with Gasteiger partial charge in [0.25, 0.3) is 0 Å². The van der Waals surface area contributed by atoms with E-state index in [2.05, 4.69) is 10.3 Å². The van der Waals surface area contributed by atoms with Gasteiger partial charge in [-0.2, -0.15) is 4.68 Å². The molecule has 5 nitrogen and oxygen atoms in total. The molecule has 1 aliphatic rings. The van der Waals surface area contributed by atoms with Crippen LogP contribution in [0.4, 0.5) is 9.18 Å². The molecule has 0 bridgehead atoms. The van der Waals surface area contributed by atoms with Crippen LogP contribution in [0.1, 0.15) is 32.1 Å². The molecule has 1 heterocycles. The molecule has 1 aromatic heterocycles. The molecule has 0 atom stereocenters. The summed E-state index contributed by atoms with van der Waals surface area (Å²) < 4.78 is 14.5. The maximum Gasteiger partial charge on any atom is 0.346 e. The minimum absolute atomic E-state index is 0.157. The van der Waals surface area contributed by atoms with Crippen LogP contribution < -0.4 is 0 Å². The molecule has 4 rings (SSSR count). The maximum atomic E-state index is 13.2. The van der Waals surface area contributed by atoms with Crippen molar-refractivity contribution in [1.82, 2.24) is 19.9 Å². The second-order valence-corrected chi connectivity index (χ2v) is 6.90. The van der Waals surface area contributed by atoms with E-state index in [9.17, 15) is 9.18 Å². The highest BCUT2D eigenvalue weighted by Gasteiger charge is 2.25. The summed E-state index contributed by atoms with van der Waals surface area (Å²) in [5.41, 5.74) is 3.11. The zero-order valence-corrected chi connectivity index (χ0v) is 14.7. The fourth-order valence-electron chi connectivity index (χ4n) is 3.66. The van der Waals surface area contributed by atoms with Crippen molar-refractivity contribution in [2.24, 2.45) is 0 Å². The van der Waals surface area contributed by atoms with Crippen molar-refractivity contribution in [3.8, 4) is 11.1 Å². The molecule has 6 heteroatoms. The minimum Gasteiger partial charge on any atom is -0.323 e. The first kappa shape index (κ1) is 16.7. The molecule has 1 fully saturated rings. The number of nitrogens with zero attached hydrogens (tertiary/aromatic N) is 4. The Bertz CT molecular complexity index is 929. The van der Waals surface area contributed by atoms with Crippen molar-refractivity contribution in [3.63, 3.8) is 0 Å². The Hall–Kier alpha value is -2.76. The molecule has 2 aromatic carbocycles. The predicted octanol–water partition coefficient (Wildman–Crippen LogP) is 4.47. The number of halogens is 1. The van der Waals surface area contributed by atoms with Gasteiger partial charge in [0.05, 0.1) is 0 Å². The number of hydrogen-bond donors (Lipinski definition) is 0. The van der Waals surface area contributed by atoms with Crippen LogP contribution in [0.15, 0.2) is 42.5 Å². The van der Waals surface area contributed by atoms with E-state index in [1.54, 1.807) is 17.0 Å². The number of carbonyl (C=O) groups is 1. The number of hydrogen-bond acceptors (Lipinski definition) is 3. The van der Waals surface area contributed by atoms with Gasteiger partial charge in [-0.15, -0.1) is 5.10 Å². The van der Waals surface area contributed by atoms with E-state index in [4.69, 9.17) is 0 Å². The van der Waals surface area contributed by atoms with Crippen LogP contribution in [-0.2, 0) is 0 Å². The summed E-state index contributed by atoms with van der Waals surface area (Å²) in [5, 5.41) is 8.20. The van der Waals surface area contributed by atoms with E-state index < -0.39 is 0 Å². The Labute approximate surface area is 151 Å². The van der Waals surface area contributed by atoms with Crippen LogP contribution in [0.3, 0.4) is 0 Å². The average molecular weight is 352 g/mol. The van der Waals surface area contributed by atoms with Gasteiger partial charge in [0.1, 0.15) is 16.9 Å². The first-order valence-corrected chi connectivity index (χ1v) is 9.02. The Balaban J connectivity index is 1.67. The second-order valence-electron chi connectivity index (χ2n) is 6.90. The van der Waals surface area contributed by atoms with Crippen LogP contribution >= 0.6 is 0 Å². The molecule has 0 saturated heterocycles. The average Bonchev–Trinajstić information content (AvgIpc) is 3.11. The quantitative estimate of drug-likeness (QED) is 0.684. The lowest BCUT2D eigenvalue weighted by Crippen LogP contribution is -2.41. The fourth-order valence-corrected chi connectivity index (χ4v) is 3.66. The van der Waals surface area contributed by atoms with Crippen molar-refractivity contribution in [2.45, 2.75) is 38.1 Å². The van der Waals surface area contributed by atoms with Gasteiger partial charge in [-0.1, -0.05) is 42.7 Å². The van der Waals surface area contributed by atoms with E-state index in [0.717, 1.165) is 36.8 Å².